The van der Waals surface area contributed by atoms with Gasteiger partial charge in [0.2, 0.25) is 5.91 Å². The molecule has 7 heteroatoms. The van der Waals surface area contributed by atoms with Gasteiger partial charge in [0.25, 0.3) is 5.56 Å². The molecular weight excluding hydrogens is 322 g/mol. The zero-order chi connectivity index (χ0) is 17.6. The highest BCUT2D eigenvalue weighted by molar-refractivity contribution is 5.75. The Kier molecular flexibility index (Phi) is 5.45. The van der Waals surface area contributed by atoms with Gasteiger partial charge in [0.15, 0.2) is 0 Å². The van der Waals surface area contributed by atoms with Gasteiger partial charge in [0.1, 0.15) is 6.54 Å². The van der Waals surface area contributed by atoms with E-state index in [0.717, 1.165) is 23.0 Å². The molecular formula is C18H21N3O4. The fourth-order valence-corrected chi connectivity index (χ4v) is 2.84. The Hall–Kier alpha value is -2.67. The third-order valence-electron chi connectivity index (χ3n) is 4.19. The molecule has 1 N–H and O–H groups in total. The molecule has 25 heavy (non-hydrogen) atoms. The minimum Gasteiger partial charge on any atom is -0.376 e. The fourth-order valence-electron chi connectivity index (χ4n) is 2.84. The predicted molar refractivity (Wildman–Crippen MR) is 92.5 cm³/mol. The number of ether oxygens (including phenoxy) is 1. The summed E-state index contributed by atoms with van der Waals surface area (Å²) in [7, 11) is 0. The van der Waals surface area contributed by atoms with Crippen molar-refractivity contribution in [3.63, 3.8) is 0 Å². The van der Waals surface area contributed by atoms with Crippen molar-refractivity contribution in [3.05, 3.63) is 69.0 Å². The minimum absolute atomic E-state index is 0.0196. The van der Waals surface area contributed by atoms with E-state index in [-0.39, 0.29) is 18.6 Å². The highest BCUT2D eigenvalue weighted by Gasteiger charge is 2.17. The molecule has 2 aromatic rings. The first-order valence-corrected chi connectivity index (χ1v) is 8.36. The van der Waals surface area contributed by atoms with Gasteiger partial charge >= 0.3 is 5.69 Å². The molecule has 132 valence electrons. The van der Waals surface area contributed by atoms with Crippen LogP contribution in [0, 0.1) is 0 Å². The van der Waals surface area contributed by atoms with E-state index in [4.69, 9.17) is 4.74 Å². The molecule has 1 fully saturated rings. The van der Waals surface area contributed by atoms with Gasteiger partial charge in [-0.2, -0.15) is 0 Å². The Morgan fingerprint density at radius 3 is 2.72 bits per heavy atom. The average molecular weight is 343 g/mol. The van der Waals surface area contributed by atoms with Crippen molar-refractivity contribution in [2.75, 3.05) is 13.2 Å². The lowest BCUT2D eigenvalue weighted by Gasteiger charge is -2.12. The first-order valence-electron chi connectivity index (χ1n) is 8.36. The van der Waals surface area contributed by atoms with Crippen LogP contribution in [0.1, 0.15) is 18.4 Å². The van der Waals surface area contributed by atoms with E-state index < -0.39 is 11.2 Å². The van der Waals surface area contributed by atoms with Crippen LogP contribution in [-0.4, -0.2) is 34.3 Å². The number of benzene rings is 1. The summed E-state index contributed by atoms with van der Waals surface area (Å²) in [5, 5.41) is 2.72. The molecule has 1 aliphatic heterocycles. The summed E-state index contributed by atoms with van der Waals surface area (Å²) in [6, 6.07) is 10.8. The first-order chi connectivity index (χ1) is 12.1. The molecule has 1 amide bonds. The summed E-state index contributed by atoms with van der Waals surface area (Å²) in [4.78, 5) is 36.6. The summed E-state index contributed by atoms with van der Waals surface area (Å²) in [5.41, 5.74) is -0.0390. The maximum absolute atomic E-state index is 12.5. The molecule has 3 rings (SSSR count). The van der Waals surface area contributed by atoms with E-state index in [1.165, 1.54) is 16.8 Å². The molecule has 0 unspecified atom stereocenters. The lowest BCUT2D eigenvalue weighted by Crippen LogP contribution is -2.44. The lowest BCUT2D eigenvalue weighted by molar-refractivity contribution is -0.122. The van der Waals surface area contributed by atoms with Gasteiger partial charge in [0.05, 0.1) is 12.6 Å². The summed E-state index contributed by atoms with van der Waals surface area (Å²) in [6.07, 6.45) is 3.38. The van der Waals surface area contributed by atoms with Crippen LogP contribution in [0.15, 0.2) is 52.2 Å². The lowest BCUT2D eigenvalue weighted by atomic mass is 10.2. The van der Waals surface area contributed by atoms with E-state index >= 15 is 0 Å². The highest BCUT2D eigenvalue weighted by Crippen LogP contribution is 2.10. The second-order valence-corrected chi connectivity index (χ2v) is 6.08. The second-order valence-electron chi connectivity index (χ2n) is 6.08. The van der Waals surface area contributed by atoms with Gasteiger partial charge in [-0.1, -0.05) is 30.3 Å². The third kappa shape index (κ3) is 4.45. The summed E-state index contributed by atoms with van der Waals surface area (Å²) >= 11 is 0. The molecule has 0 radical (unpaired) electrons. The fraction of sp³-hybridized carbons (Fsp3) is 0.389. The second kappa shape index (κ2) is 7.94. The van der Waals surface area contributed by atoms with Crippen molar-refractivity contribution < 1.29 is 9.53 Å². The number of nitrogens with one attached hydrogen (secondary N) is 1. The van der Waals surface area contributed by atoms with E-state index in [1.807, 2.05) is 30.3 Å². The summed E-state index contributed by atoms with van der Waals surface area (Å²) < 4.78 is 7.81. The largest absolute Gasteiger partial charge is 0.376 e. The standard InChI is InChI=1S/C18H21N3O4/c22-16(19-11-15-7-4-10-25-15)13-21-17(23)8-9-20(18(21)24)12-14-5-2-1-3-6-14/h1-3,5-6,8-9,15H,4,7,10-13H2,(H,19,22)/t15-/m0/s1. The van der Waals surface area contributed by atoms with E-state index in [2.05, 4.69) is 5.32 Å². The number of nitrogens with zero attached hydrogens (tertiary/aromatic N) is 2. The Morgan fingerprint density at radius 2 is 2.00 bits per heavy atom. The molecule has 2 heterocycles. The van der Waals surface area contributed by atoms with Crippen molar-refractivity contribution in [1.29, 1.82) is 0 Å². The summed E-state index contributed by atoms with van der Waals surface area (Å²) in [6.45, 7) is 1.17. The van der Waals surface area contributed by atoms with Crippen LogP contribution >= 0.6 is 0 Å². The van der Waals surface area contributed by atoms with Crippen LogP contribution in [0.5, 0.6) is 0 Å². The van der Waals surface area contributed by atoms with E-state index in [0.29, 0.717) is 19.7 Å². The van der Waals surface area contributed by atoms with Gasteiger partial charge in [-0.15, -0.1) is 0 Å². The number of carbonyl (C=O) groups excluding carboxylic acids is 1. The number of rotatable bonds is 6. The number of hydrogen-bond acceptors (Lipinski definition) is 4. The SMILES string of the molecule is O=C(Cn1c(=O)ccn(Cc2ccccc2)c1=O)NC[C@@H]1CCCO1. The molecule has 0 saturated carbocycles. The molecule has 1 aromatic heterocycles. The van der Waals surface area contributed by atoms with Crippen LogP contribution in [0.25, 0.3) is 0 Å². The number of carbonyl (C=O) groups is 1. The smallest absolute Gasteiger partial charge is 0.331 e. The molecule has 0 bridgehead atoms. The average Bonchev–Trinajstić information content (AvgIpc) is 3.14. The highest BCUT2D eigenvalue weighted by atomic mass is 16.5. The van der Waals surface area contributed by atoms with E-state index in [9.17, 15) is 14.4 Å². The van der Waals surface area contributed by atoms with Crippen LogP contribution in [0.3, 0.4) is 0 Å². The third-order valence-corrected chi connectivity index (χ3v) is 4.19. The Balaban J connectivity index is 1.70. The van der Waals surface area contributed by atoms with Gasteiger partial charge in [-0.25, -0.2) is 4.79 Å². The Labute approximate surface area is 144 Å². The molecule has 1 atom stereocenters. The maximum atomic E-state index is 12.5. The van der Waals surface area contributed by atoms with Crippen LogP contribution < -0.4 is 16.6 Å². The predicted octanol–water partition coefficient (Wildman–Crippen LogP) is 0.353. The molecule has 7 nitrogen and oxygen atoms in total. The van der Waals surface area contributed by atoms with Crippen LogP contribution in [0.4, 0.5) is 0 Å². The minimum atomic E-state index is -0.497. The topological polar surface area (TPSA) is 82.3 Å². The quantitative estimate of drug-likeness (QED) is 0.821. The zero-order valence-electron chi connectivity index (χ0n) is 13.9. The first kappa shape index (κ1) is 17.2. The number of amides is 1. The van der Waals surface area contributed by atoms with Crippen LogP contribution in [0.2, 0.25) is 0 Å². The summed E-state index contributed by atoms with van der Waals surface area (Å²) in [5.74, 6) is -0.368. The maximum Gasteiger partial charge on any atom is 0.331 e. The number of hydrogen-bond donors (Lipinski definition) is 1. The molecule has 0 aliphatic carbocycles. The Morgan fingerprint density at radius 1 is 1.20 bits per heavy atom. The monoisotopic (exact) mass is 343 g/mol. The molecule has 0 spiro atoms. The van der Waals surface area contributed by atoms with Crippen molar-refractivity contribution >= 4 is 5.91 Å². The zero-order valence-corrected chi connectivity index (χ0v) is 13.9. The van der Waals surface area contributed by atoms with Gasteiger partial charge in [0, 0.05) is 25.4 Å². The van der Waals surface area contributed by atoms with Crippen LogP contribution in [-0.2, 0) is 22.6 Å². The van der Waals surface area contributed by atoms with Crippen molar-refractivity contribution in [2.24, 2.45) is 0 Å². The van der Waals surface area contributed by atoms with Gasteiger partial charge in [-0.3, -0.25) is 18.7 Å². The molecule has 1 aromatic carbocycles. The van der Waals surface area contributed by atoms with E-state index in [1.54, 1.807) is 0 Å². The molecule has 1 aliphatic rings. The van der Waals surface area contributed by atoms with Gasteiger partial charge < -0.3 is 10.1 Å². The van der Waals surface area contributed by atoms with Gasteiger partial charge in [-0.05, 0) is 18.4 Å². The van der Waals surface area contributed by atoms with Crippen molar-refractivity contribution in [1.82, 2.24) is 14.5 Å². The Bertz CT molecular complexity index is 835. The van der Waals surface area contributed by atoms with Crippen molar-refractivity contribution in [2.45, 2.75) is 32.0 Å². The molecule has 1 saturated heterocycles. The van der Waals surface area contributed by atoms with Crippen molar-refractivity contribution in [3.8, 4) is 0 Å². The number of aromatic nitrogens is 2. The normalized spacial score (nSPS) is 16.7.